The number of benzene rings is 1. The van der Waals surface area contributed by atoms with Crippen molar-refractivity contribution >= 4 is 41.0 Å². The number of amides is 1. The molecule has 0 bridgehead atoms. The van der Waals surface area contributed by atoms with Gasteiger partial charge in [0.15, 0.2) is 5.57 Å². The molecule has 30 heavy (non-hydrogen) atoms. The molecule has 9 nitrogen and oxygen atoms in total. The number of ether oxygens (including phenoxy) is 3. The van der Waals surface area contributed by atoms with Gasteiger partial charge < -0.3 is 29.3 Å². The topological polar surface area (TPSA) is 97.4 Å². The highest BCUT2D eigenvalue weighted by atomic mass is 35.5. The average Bonchev–Trinajstić information content (AvgIpc) is 2.67. The summed E-state index contributed by atoms with van der Waals surface area (Å²) in [5, 5.41) is 3.47. The SMILES string of the molecule is CCOC(=O)N1CCN(c2c(Cl)cccc2NC=C2C(=O)OC(C)(C)OC2=O)CC1. The molecule has 0 aromatic heterocycles. The third-order valence-corrected chi connectivity index (χ3v) is 4.90. The molecule has 1 aromatic rings. The first kappa shape index (κ1) is 21.8. The summed E-state index contributed by atoms with van der Waals surface area (Å²) in [4.78, 5) is 39.8. The van der Waals surface area contributed by atoms with Gasteiger partial charge in [0.25, 0.3) is 5.79 Å². The molecule has 0 unspecified atom stereocenters. The van der Waals surface area contributed by atoms with Crippen molar-refractivity contribution in [2.75, 3.05) is 43.0 Å². The van der Waals surface area contributed by atoms with E-state index in [0.717, 1.165) is 0 Å². The molecular formula is C20H24ClN3O6. The maximum atomic E-state index is 12.1. The molecule has 1 aromatic carbocycles. The fourth-order valence-corrected chi connectivity index (χ4v) is 3.50. The number of hydrogen-bond donors (Lipinski definition) is 1. The zero-order chi connectivity index (χ0) is 21.9. The lowest BCUT2D eigenvalue weighted by atomic mass is 10.2. The smallest absolute Gasteiger partial charge is 0.409 e. The van der Waals surface area contributed by atoms with Crippen LogP contribution in [0.2, 0.25) is 5.02 Å². The van der Waals surface area contributed by atoms with E-state index in [2.05, 4.69) is 5.32 Å². The Morgan fingerprint density at radius 2 is 1.83 bits per heavy atom. The van der Waals surface area contributed by atoms with Gasteiger partial charge >= 0.3 is 18.0 Å². The van der Waals surface area contributed by atoms with Gasteiger partial charge in [0, 0.05) is 46.2 Å². The first-order chi connectivity index (χ1) is 14.2. The number of nitrogens with zero attached hydrogens (tertiary/aromatic N) is 2. The number of carbonyl (C=O) groups is 3. The summed E-state index contributed by atoms with van der Waals surface area (Å²) >= 11 is 6.44. The molecular weight excluding hydrogens is 414 g/mol. The highest BCUT2D eigenvalue weighted by Crippen LogP contribution is 2.35. The number of piperazine rings is 1. The molecule has 0 radical (unpaired) electrons. The maximum Gasteiger partial charge on any atom is 0.409 e. The van der Waals surface area contributed by atoms with Crippen molar-refractivity contribution in [1.82, 2.24) is 4.90 Å². The second-order valence-electron chi connectivity index (χ2n) is 7.19. The molecule has 0 aliphatic carbocycles. The quantitative estimate of drug-likeness (QED) is 0.436. The standard InChI is InChI=1S/C20H24ClN3O6/c1-4-28-19(27)24-10-8-23(9-11-24)16-14(21)6-5-7-15(16)22-12-13-17(25)29-20(2,3)30-18(13)26/h5-7,12,22H,4,8-11H2,1-3H3. The Hall–Kier alpha value is -2.94. The van der Waals surface area contributed by atoms with E-state index in [-0.39, 0.29) is 11.7 Å². The minimum atomic E-state index is -1.30. The summed E-state index contributed by atoms with van der Waals surface area (Å²) in [7, 11) is 0. The lowest BCUT2D eigenvalue weighted by Gasteiger charge is -2.36. The van der Waals surface area contributed by atoms with Crippen molar-refractivity contribution in [3.8, 4) is 0 Å². The predicted octanol–water partition coefficient (Wildman–Crippen LogP) is 2.75. The molecule has 2 fully saturated rings. The number of esters is 2. The third kappa shape index (κ3) is 4.79. The Morgan fingerprint density at radius 1 is 1.20 bits per heavy atom. The number of hydrogen-bond acceptors (Lipinski definition) is 8. The Balaban J connectivity index is 1.76. The van der Waals surface area contributed by atoms with E-state index in [0.29, 0.717) is 49.2 Å². The van der Waals surface area contributed by atoms with Crippen LogP contribution in [0, 0.1) is 0 Å². The second kappa shape index (κ2) is 8.83. The van der Waals surface area contributed by atoms with Crippen molar-refractivity contribution in [3.05, 3.63) is 35.0 Å². The van der Waals surface area contributed by atoms with Gasteiger partial charge in [-0.25, -0.2) is 14.4 Å². The fourth-order valence-electron chi connectivity index (χ4n) is 3.21. The van der Waals surface area contributed by atoms with Gasteiger partial charge in [-0.1, -0.05) is 17.7 Å². The molecule has 162 valence electrons. The van der Waals surface area contributed by atoms with Crippen LogP contribution >= 0.6 is 11.6 Å². The third-order valence-electron chi connectivity index (χ3n) is 4.60. The van der Waals surface area contributed by atoms with Crippen molar-refractivity contribution in [2.24, 2.45) is 0 Å². The summed E-state index contributed by atoms with van der Waals surface area (Å²) in [6.45, 7) is 7.13. The highest BCUT2D eigenvalue weighted by Gasteiger charge is 2.39. The number of carbonyl (C=O) groups excluding carboxylic acids is 3. The summed E-state index contributed by atoms with van der Waals surface area (Å²) in [6, 6.07) is 5.28. The van der Waals surface area contributed by atoms with Gasteiger partial charge in [-0.05, 0) is 19.1 Å². The van der Waals surface area contributed by atoms with Gasteiger partial charge in [-0.2, -0.15) is 0 Å². The average molecular weight is 438 g/mol. The molecule has 1 N–H and O–H groups in total. The Kier molecular flexibility index (Phi) is 6.40. The monoisotopic (exact) mass is 437 g/mol. The van der Waals surface area contributed by atoms with Gasteiger partial charge in [-0.3, -0.25) is 0 Å². The van der Waals surface area contributed by atoms with Crippen LogP contribution < -0.4 is 10.2 Å². The molecule has 1 amide bonds. The number of para-hydroxylation sites is 1. The summed E-state index contributed by atoms with van der Waals surface area (Å²) in [5.41, 5.74) is 1.06. The van der Waals surface area contributed by atoms with E-state index in [1.807, 2.05) is 4.90 Å². The summed E-state index contributed by atoms with van der Waals surface area (Å²) in [6.07, 6.45) is 0.917. The van der Waals surface area contributed by atoms with Crippen LogP contribution in [0.1, 0.15) is 20.8 Å². The lowest BCUT2D eigenvalue weighted by Crippen LogP contribution is -2.49. The van der Waals surface area contributed by atoms with E-state index in [9.17, 15) is 14.4 Å². The summed E-state index contributed by atoms with van der Waals surface area (Å²) in [5.74, 6) is -2.84. The second-order valence-corrected chi connectivity index (χ2v) is 7.60. The van der Waals surface area contributed by atoms with E-state index >= 15 is 0 Å². The fraction of sp³-hybridized carbons (Fsp3) is 0.450. The van der Waals surface area contributed by atoms with Crippen LogP contribution in [-0.2, 0) is 23.8 Å². The van der Waals surface area contributed by atoms with Gasteiger partial charge in [0.2, 0.25) is 0 Å². The molecule has 2 aliphatic heterocycles. The molecule has 10 heteroatoms. The van der Waals surface area contributed by atoms with E-state index in [1.54, 1.807) is 30.0 Å². The van der Waals surface area contributed by atoms with Gasteiger partial charge in [-0.15, -0.1) is 0 Å². The minimum Gasteiger partial charge on any atom is -0.450 e. The van der Waals surface area contributed by atoms with Crippen LogP contribution in [0.4, 0.5) is 16.2 Å². The lowest BCUT2D eigenvalue weighted by molar-refractivity contribution is -0.222. The molecule has 2 aliphatic rings. The first-order valence-corrected chi connectivity index (χ1v) is 9.98. The first-order valence-electron chi connectivity index (χ1n) is 9.60. The Bertz CT molecular complexity index is 855. The van der Waals surface area contributed by atoms with Crippen LogP contribution in [0.5, 0.6) is 0 Å². The number of halogens is 1. The molecule has 0 saturated carbocycles. The Morgan fingerprint density at radius 3 is 2.43 bits per heavy atom. The van der Waals surface area contributed by atoms with Crippen LogP contribution in [0.25, 0.3) is 0 Å². The van der Waals surface area contributed by atoms with Crippen molar-refractivity contribution < 1.29 is 28.6 Å². The molecule has 2 heterocycles. The Labute approximate surface area is 179 Å². The number of anilines is 2. The minimum absolute atomic E-state index is 0.243. The number of nitrogens with one attached hydrogen (secondary N) is 1. The number of cyclic esters (lactones) is 2. The summed E-state index contributed by atoms with van der Waals surface area (Å²) < 4.78 is 15.2. The zero-order valence-corrected chi connectivity index (χ0v) is 17.8. The molecule has 0 atom stereocenters. The van der Waals surface area contributed by atoms with E-state index in [1.165, 1.54) is 20.0 Å². The number of rotatable bonds is 4. The van der Waals surface area contributed by atoms with Crippen LogP contribution in [-0.4, -0.2) is 61.5 Å². The van der Waals surface area contributed by atoms with Crippen molar-refractivity contribution in [3.63, 3.8) is 0 Å². The van der Waals surface area contributed by atoms with Crippen molar-refractivity contribution in [2.45, 2.75) is 26.6 Å². The van der Waals surface area contributed by atoms with E-state index in [4.69, 9.17) is 25.8 Å². The zero-order valence-electron chi connectivity index (χ0n) is 17.1. The normalized spacial score (nSPS) is 18.5. The molecule has 3 rings (SSSR count). The largest absolute Gasteiger partial charge is 0.450 e. The molecule has 0 spiro atoms. The molecule has 2 saturated heterocycles. The highest BCUT2D eigenvalue weighted by molar-refractivity contribution is 6.34. The predicted molar refractivity (Wildman–Crippen MR) is 110 cm³/mol. The van der Waals surface area contributed by atoms with Gasteiger partial charge in [0.05, 0.1) is 23.0 Å². The van der Waals surface area contributed by atoms with E-state index < -0.39 is 17.7 Å². The maximum absolute atomic E-state index is 12.1. The van der Waals surface area contributed by atoms with Gasteiger partial charge in [0.1, 0.15) is 0 Å². The van der Waals surface area contributed by atoms with Crippen LogP contribution in [0.15, 0.2) is 30.0 Å². The van der Waals surface area contributed by atoms with Crippen LogP contribution in [0.3, 0.4) is 0 Å². The van der Waals surface area contributed by atoms with Crippen molar-refractivity contribution in [1.29, 1.82) is 0 Å².